The third-order valence-corrected chi connectivity index (χ3v) is 4.97. The molecule has 1 aromatic carbocycles. The van der Waals surface area contributed by atoms with Crippen molar-refractivity contribution in [3.05, 3.63) is 42.2 Å². The SMILES string of the molecule is CC(=O)Nc1cccc(NC(=O)C2CCCN(c3ccc4nnc(C)n4n3)C2)c1. The number of fused-ring (bicyclic) bond motifs is 1. The zero-order valence-corrected chi connectivity index (χ0v) is 16.4. The summed E-state index contributed by atoms with van der Waals surface area (Å²) in [5.74, 6) is 1.21. The van der Waals surface area contributed by atoms with Gasteiger partial charge in [-0.25, -0.2) is 0 Å². The number of hydrogen-bond acceptors (Lipinski definition) is 6. The average Bonchev–Trinajstić information content (AvgIpc) is 3.08. The molecule has 4 rings (SSSR count). The zero-order valence-electron chi connectivity index (χ0n) is 16.4. The van der Waals surface area contributed by atoms with Crippen LogP contribution in [0.5, 0.6) is 0 Å². The van der Waals surface area contributed by atoms with E-state index in [1.807, 2.05) is 25.1 Å². The molecular weight excluding hydrogens is 370 g/mol. The molecule has 1 aliphatic heterocycles. The molecule has 1 unspecified atom stereocenters. The van der Waals surface area contributed by atoms with Crippen LogP contribution in [0, 0.1) is 12.8 Å². The average molecular weight is 393 g/mol. The lowest BCUT2D eigenvalue weighted by molar-refractivity contribution is -0.120. The van der Waals surface area contributed by atoms with Gasteiger partial charge in [0.05, 0.1) is 5.92 Å². The van der Waals surface area contributed by atoms with Crippen molar-refractivity contribution in [1.29, 1.82) is 0 Å². The van der Waals surface area contributed by atoms with Crippen molar-refractivity contribution in [1.82, 2.24) is 19.8 Å². The molecule has 0 bridgehead atoms. The van der Waals surface area contributed by atoms with Gasteiger partial charge in [-0.15, -0.1) is 15.3 Å². The second-order valence-electron chi connectivity index (χ2n) is 7.25. The van der Waals surface area contributed by atoms with E-state index in [1.54, 1.807) is 22.7 Å². The van der Waals surface area contributed by atoms with E-state index in [-0.39, 0.29) is 17.7 Å². The van der Waals surface area contributed by atoms with Crippen LogP contribution in [0.25, 0.3) is 5.65 Å². The molecule has 2 amide bonds. The largest absolute Gasteiger partial charge is 0.354 e. The van der Waals surface area contributed by atoms with E-state index in [4.69, 9.17) is 0 Å². The Bertz CT molecular complexity index is 1060. The van der Waals surface area contributed by atoms with Gasteiger partial charge in [-0.1, -0.05) is 6.07 Å². The fourth-order valence-electron chi connectivity index (χ4n) is 3.58. The summed E-state index contributed by atoms with van der Waals surface area (Å²) in [5, 5.41) is 18.4. The van der Waals surface area contributed by atoms with E-state index in [0.717, 1.165) is 31.0 Å². The quantitative estimate of drug-likeness (QED) is 0.704. The summed E-state index contributed by atoms with van der Waals surface area (Å²) >= 11 is 0. The van der Waals surface area contributed by atoms with E-state index >= 15 is 0 Å². The highest BCUT2D eigenvalue weighted by Crippen LogP contribution is 2.24. The molecule has 1 atom stereocenters. The zero-order chi connectivity index (χ0) is 20.4. The Hall–Kier alpha value is -3.49. The lowest BCUT2D eigenvalue weighted by Crippen LogP contribution is -2.41. The summed E-state index contributed by atoms with van der Waals surface area (Å²) in [6.07, 6.45) is 1.73. The molecule has 1 saturated heterocycles. The first kappa shape index (κ1) is 18.9. The summed E-state index contributed by atoms with van der Waals surface area (Å²) in [7, 11) is 0. The lowest BCUT2D eigenvalue weighted by Gasteiger charge is -2.32. The van der Waals surface area contributed by atoms with Crippen LogP contribution in [0.15, 0.2) is 36.4 Å². The molecular formula is C20H23N7O2. The van der Waals surface area contributed by atoms with E-state index in [1.165, 1.54) is 6.92 Å². The fraction of sp³-hybridized carbons (Fsp3) is 0.350. The van der Waals surface area contributed by atoms with Gasteiger partial charge >= 0.3 is 0 Å². The third-order valence-electron chi connectivity index (χ3n) is 4.97. The minimum Gasteiger partial charge on any atom is -0.354 e. The Labute approximate surface area is 168 Å². The van der Waals surface area contributed by atoms with Gasteiger partial charge in [0.1, 0.15) is 5.82 Å². The summed E-state index contributed by atoms with van der Waals surface area (Å²) in [6.45, 7) is 4.76. The lowest BCUT2D eigenvalue weighted by atomic mass is 9.97. The standard InChI is InChI=1S/C20H23N7O2/c1-13-23-24-18-8-9-19(25-27(13)18)26-10-4-5-15(12-26)20(29)22-17-7-3-6-16(11-17)21-14(2)28/h3,6-9,11,15H,4-5,10,12H2,1-2H3,(H,21,28)(H,22,29). The number of anilines is 3. The van der Waals surface area contributed by atoms with Gasteiger partial charge in [-0.3, -0.25) is 9.59 Å². The van der Waals surface area contributed by atoms with Crippen LogP contribution in [-0.4, -0.2) is 44.7 Å². The Kier molecular flexibility index (Phi) is 5.11. The van der Waals surface area contributed by atoms with Crippen LogP contribution in [0.3, 0.4) is 0 Å². The van der Waals surface area contributed by atoms with Crippen molar-refractivity contribution in [3.8, 4) is 0 Å². The number of carbonyl (C=O) groups excluding carboxylic acids is 2. The molecule has 3 heterocycles. The maximum atomic E-state index is 12.8. The molecule has 2 N–H and O–H groups in total. The first-order valence-electron chi connectivity index (χ1n) is 9.62. The summed E-state index contributed by atoms with van der Waals surface area (Å²) in [5.41, 5.74) is 2.03. The van der Waals surface area contributed by atoms with Gasteiger partial charge in [0.2, 0.25) is 11.8 Å². The topological polar surface area (TPSA) is 105 Å². The van der Waals surface area contributed by atoms with Crippen LogP contribution >= 0.6 is 0 Å². The highest BCUT2D eigenvalue weighted by Gasteiger charge is 2.27. The van der Waals surface area contributed by atoms with Crippen LogP contribution < -0.4 is 15.5 Å². The number of aryl methyl sites for hydroxylation is 1. The predicted octanol–water partition coefficient (Wildman–Crippen LogP) is 2.25. The maximum Gasteiger partial charge on any atom is 0.229 e. The molecule has 29 heavy (non-hydrogen) atoms. The molecule has 0 saturated carbocycles. The third kappa shape index (κ3) is 4.18. The first-order chi connectivity index (χ1) is 14.0. The van der Waals surface area contributed by atoms with E-state index < -0.39 is 0 Å². The van der Waals surface area contributed by atoms with Gasteiger partial charge in [0.15, 0.2) is 11.5 Å². The number of rotatable bonds is 4. The van der Waals surface area contributed by atoms with Crippen LogP contribution in [-0.2, 0) is 9.59 Å². The number of piperidine rings is 1. The van der Waals surface area contributed by atoms with Gasteiger partial charge in [0.25, 0.3) is 0 Å². The van der Waals surface area contributed by atoms with Gasteiger partial charge < -0.3 is 15.5 Å². The number of aromatic nitrogens is 4. The van der Waals surface area contributed by atoms with E-state index in [9.17, 15) is 9.59 Å². The van der Waals surface area contributed by atoms with Crippen molar-refractivity contribution in [2.45, 2.75) is 26.7 Å². The molecule has 3 aromatic rings. The number of amides is 2. The van der Waals surface area contributed by atoms with Crippen LogP contribution in [0.2, 0.25) is 0 Å². The van der Waals surface area contributed by atoms with Crippen LogP contribution in [0.4, 0.5) is 17.2 Å². The molecule has 1 aliphatic rings. The molecule has 0 spiro atoms. The van der Waals surface area contributed by atoms with Crippen molar-refractivity contribution in [3.63, 3.8) is 0 Å². The summed E-state index contributed by atoms with van der Waals surface area (Å²) < 4.78 is 1.71. The number of hydrogen-bond donors (Lipinski definition) is 2. The summed E-state index contributed by atoms with van der Waals surface area (Å²) in [4.78, 5) is 26.2. The van der Waals surface area contributed by atoms with Crippen molar-refractivity contribution in [2.75, 3.05) is 28.6 Å². The predicted molar refractivity (Wildman–Crippen MR) is 110 cm³/mol. The first-order valence-corrected chi connectivity index (χ1v) is 9.62. The molecule has 1 fully saturated rings. The smallest absolute Gasteiger partial charge is 0.229 e. The van der Waals surface area contributed by atoms with E-state index in [0.29, 0.717) is 23.6 Å². The Balaban J connectivity index is 1.45. The van der Waals surface area contributed by atoms with E-state index in [2.05, 4.69) is 30.8 Å². The number of carbonyl (C=O) groups is 2. The fourth-order valence-corrected chi connectivity index (χ4v) is 3.58. The Morgan fingerprint density at radius 3 is 2.69 bits per heavy atom. The number of nitrogens with one attached hydrogen (secondary N) is 2. The maximum absolute atomic E-state index is 12.8. The molecule has 0 aliphatic carbocycles. The van der Waals surface area contributed by atoms with Crippen LogP contribution in [0.1, 0.15) is 25.6 Å². The molecule has 9 heteroatoms. The normalized spacial score (nSPS) is 16.6. The molecule has 150 valence electrons. The van der Waals surface area contributed by atoms with Gasteiger partial charge in [-0.2, -0.15) is 4.52 Å². The van der Waals surface area contributed by atoms with Gasteiger partial charge in [-0.05, 0) is 50.1 Å². The highest BCUT2D eigenvalue weighted by atomic mass is 16.2. The number of nitrogens with zero attached hydrogens (tertiary/aromatic N) is 5. The second kappa shape index (κ2) is 7.86. The second-order valence-corrected chi connectivity index (χ2v) is 7.25. The molecule has 0 radical (unpaired) electrons. The molecule has 9 nitrogen and oxygen atoms in total. The Morgan fingerprint density at radius 1 is 1.10 bits per heavy atom. The highest BCUT2D eigenvalue weighted by molar-refractivity contribution is 5.94. The molecule has 2 aromatic heterocycles. The van der Waals surface area contributed by atoms with Gasteiger partial charge in [0, 0.05) is 31.4 Å². The monoisotopic (exact) mass is 393 g/mol. The van der Waals surface area contributed by atoms with Crippen molar-refractivity contribution >= 4 is 34.7 Å². The van der Waals surface area contributed by atoms with Crippen molar-refractivity contribution in [2.24, 2.45) is 5.92 Å². The minimum absolute atomic E-state index is 0.0313. The number of benzene rings is 1. The van der Waals surface area contributed by atoms with Crippen molar-refractivity contribution < 1.29 is 9.59 Å². The summed E-state index contributed by atoms with van der Waals surface area (Å²) in [6, 6.07) is 11.0. The minimum atomic E-state index is -0.149. The Morgan fingerprint density at radius 2 is 1.90 bits per heavy atom.